The van der Waals surface area contributed by atoms with Crippen LogP contribution < -0.4 is 4.74 Å². The molecule has 0 radical (unpaired) electrons. The Balaban J connectivity index is 1.35. The highest BCUT2D eigenvalue weighted by molar-refractivity contribution is 5.75. The molecule has 34 heavy (non-hydrogen) atoms. The highest BCUT2D eigenvalue weighted by atomic mass is 16.5. The number of esters is 1. The van der Waals surface area contributed by atoms with Crippen molar-refractivity contribution in [2.45, 2.75) is 136 Å². The van der Waals surface area contributed by atoms with Crippen LogP contribution in [0.2, 0.25) is 0 Å². The van der Waals surface area contributed by atoms with Crippen molar-refractivity contribution in [3.63, 3.8) is 0 Å². The Hall–Kier alpha value is -1.31. The molecule has 2 heteroatoms. The molecule has 2 nitrogen and oxygen atoms in total. The van der Waals surface area contributed by atoms with Gasteiger partial charge in [0.05, 0.1) is 5.92 Å². The van der Waals surface area contributed by atoms with Crippen molar-refractivity contribution in [2.75, 3.05) is 0 Å². The van der Waals surface area contributed by atoms with Crippen LogP contribution in [0.25, 0.3) is 0 Å². The molecule has 0 amide bonds. The third-order valence-electron chi connectivity index (χ3n) is 9.06. The zero-order chi connectivity index (χ0) is 24.2. The summed E-state index contributed by atoms with van der Waals surface area (Å²) in [4.78, 5) is 12.8. The topological polar surface area (TPSA) is 26.3 Å². The molecular formula is C32H52O2. The first-order valence-corrected chi connectivity index (χ1v) is 14.9. The standard InChI is InChI=1S/C32H52O2/c1-4-7-10-26-13-17-28(18-14-26)29-21-23-31(24-22-29)34-32(33)30-19-15-27(16-20-30)12-8-11-25(6-3)9-5-2/h21-28,30H,4-20H2,1-3H3. The number of ether oxygens (including phenoxy) is 1. The van der Waals surface area contributed by atoms with Gasteiger partial charge in [0.2, 0.25) is 0 Å². The SMILES string of the molecule is CCCCC1CCC(c2ccc(OC(=O)C3CCC(CCCC(CC)CCC)CC3)cc2)CC1. The van der Waals surface area contributed by atoms with Crippen LogP contribution in [0.3, 0.4) is 0 Å². The van der Waals surface area contributed by atoms with Gasteiger partial charge >= 0.3 is 5.97 Å². The number of carbonyl (C=O) groups excluding carboxylic acids is 1. The van der Waals surface area contributed by atoms with Crippen molar-refractivity contribution in [2.24, 2.45) is 23.7 Å². The van der Waals surface area contributed by atoms with Crippen molar-refractivity contribution >= 4 is 5.97 Å². The quantitative estimate of drug-likeness (QED) is 0.213. The molecule has 1 atom stereocenters. The smallest absolute Gasteiger partial charge is 0.314 e. The molecule has 0 saturated heterocycles. The Labute approximate surface area is 210 Å². The Morgan fingerprint density at radius 3 is 2.00 bits per heavy atom. The molecule has 1 aromatic rings. The van der Waals surface area contributed by atoms with Gasteiger partial charge in [0.25, 0.3) is 0 Å². The van der Waals surface area contributed by atoms with Gasteiger partial charge in [-0.3, -0.25) is 4.79 Å². The lowest BCUT2D eigenvalue weighted by Crippen LogP contribution is -2.25. The molecule has 192 valence electrons. The van der Waals surface area contributed by atoms with Gasteiger partial charge in [-0.15, -0.1) is 0 Å². The Bertz CT molecular complexity index is 677. The van der Waals surface area contributed by atoms with Crippen molar-refractivity contribution in [3.8, 4) is 5.75 Å². The van der Waals surface area contributed by atoms with E-state index in [1.807, 2.05) is 12.1 Å². The minimum atomic E-state index is -0.00312. The van der Waals surface area contributed by atoms with E-state index in [0.29, 0.717) is 5.92 Å². The number of hydrogen-bond acceptors (Lipinski definition) is 2. The second-order valence-corrected chi connectivity index (χ2v) is 11.6. The molecular weight excluding hydrogens is 416 g/mol. The van der Waals surface area contributed by atoms with E-state index >= 15 is 0 Å². The molecule has 2 aliphatic carbocycles. The average Bonchev–Trinajstić information content (AvgIpc) is 2.88. The monoisotopic (exact) mass is 468 g/mol. The predicted molar refractivity (Wildman–Crippen MR) is 144 cm³/mol. The van der Waals surface area contributed by atoms with E-state index in [-0.39, 0.29) is 11.9 Å². The largest absolute Gasteiger partial charge is 0.426 e. The van der Waals surface area contributed by atoms with E-state index in [1.165, 1.54) is 102 Å². The molecule has 2 saturated carbocycles. The number of unbranched alkanes of at least 4 members (excludes halogenated alkanes) is 1. The lowest BCUT2D eigenvalue weighted by Gasteiger charge is -2.29. The molecule has 0 heterocycles. The molecule has 3 rings (SSSR count). The first-order valence-electron chi connectivity index (χ1n) is 14.9. The molecule has 0 bridgehead atoms. The van der Waals surface area contributed by atoms with Crippen molar-refractivity contribution in [3.05, 3.63) is 29.8 Å². The van der Waals surface area contributed by atoms with E-state index in [9.17, 15) is 4.79 Å². The summed E-state index contributed by atoms with van der Waals surface area (Å²) in [6, 6.07) is 8.47. The molecule has 1 unspecified atom stereocenters. The lowest BCUT2D eigenvalue weighted by atomic mass is 9.77. The lowest BCUT2D eigenvalue weighted by molar-refractivity contribution is -0.140. The summed E-state index contributed by atoms with van der Waals surface area (Å²) >= 11 is 0. The third kappa shape index (κ3) is 8.72. The first kappa shape index (κ1) is 27.3. The molecule has 2 aliphatic rings. The summed E-state index contributed by atoms with van der Waals surface area (Å²) in [5.41, 5.74) is 1.43. The molecule has 0 aliphatic heterocycles. The highest BCUT2D eigenvalue weighted by Crippen LogP contribution is 2.38. The molecule has 0 spiro atoms. The maximum Gasteiger partial charge on any atom is 0.314 e. The highest BCUT2D eigenvalue weighted by Gasteiger charge is 2.28. The summed E-state index contributed by atoms with van der Waals surface area (Å²) in [7, 11) is 0. The average molecular weight is 469 g/mol. The second-order valence-electron chi connectivity index (χ2n) is 11.6. The van der Waals surface area contributed by atoms with Crippen LogP contribution in [0.5, 0.6) is 5.75 Å². The Kier molecular flexibility index (Phi) is 12.0. The van der Waals surface area contributed by atoms with Crippen molar-refractivity contribution in [1.29, 1.82) is 0 Å². The van der Waals surface area contributed by atoms with E-state index < -0.39 is 0 Å². The fourth-order valence-corrected chi connectivity index (χ4v) is 6.63. The zero-order valence-corrected chi connectivity index (χ0v) is 22.5. The van der Waals surface area contributed by atoms with Crippen LogP contribution in [0.4, 0.5) is 0 Å². The van der Waals surface area contributed by atoms with Gasteiger partial charge in [0.1, 0.15) is 5.75 Å². The van der Waals surface area contributed by atoms with Gasteiger partial charge < -0.3 is 4.74 Å². The van der Waals surface area contributed by atoms with Crippen molar-refractivity contribution < 1.29 is 9.53 Å². The Morgan fingerprint density at radius 1 is 0.794 bits per heavy atom. The van der Waals surface area contributed by atoms with E-state index in [0.717, 1.165) is 36.3 Å². The molecule has 0 N–H and O–H groups in total. The van der Waals surface area contributed by atoms with Crippen LogP contribution in [0, 0.1) is 23.7 Å². The minimum Gasteiger partial charge on any atom is -0.426 e. The normalized spacial score (nSPS) is 26.2. The predicted octanol–water partition coefficient (Wildman–Crippen LogP) is 9.86. The number of benzene rings is 1. The third-order valence-corrected chi connectivity index (χ3v) is 9.06. The van der Waals surface area contributed by atoms with Gasteiger partial charge in [0.15, 0.2) is 0 Å². The van der Waals surface area contributed by atoms with Gasteiger partial charge in [-0.05, 0) is 92.7 Å². The molecule has 2 fully saturated rings. The van der Waals surface area contributed by atoms with Gasteiger partial charge in [-0.2, -0.15) is 0 Å². The second kappa shape index (κ2) is 14.9. The van der Waals surface area contributed by atoms with Gasteiger partial charge in [-0.25, -0.2) is 0 Å². The summed E-state index contributed by atoms with van der Waals surface area (Å²) < 4.78 is 5.81. The van der Waals surface area contributed by atoms with Crippen LogP contribution >= 0.6 is 0 Å². The van der Waals surface area contributed by atoms with E-state index in [2.05, 4.69) is 32.9 Å². The van der Waals surface area contributed by atoms with Crippen LogP contribution in [-0.2, 0) is 4.79 Å². The van der Waals surface area contributed by atoms with Crippen LogP contribution in [0.1, 0.15) is 141 Å². The summed E-state index contributed by atoms with van der Waals surface area (Å²) in [5, 5.41) is 0. The summed E-state index contributed by atoms with van der Waals surface area (Å²) in [5.74, 6) is 4.19. The number of hydrogen-bond donors (Lipinski definition) is 0. The first-order chi connectivity index (χ1) is 16.6. The van der Waals surface area contributed by atoms with Gasteiger partial charge in [0, 0.05) is 0 Å². The number of rotatable bonds is 13. The maximum atomic E-state index is 12.8. The van der Waals surface area contributed by atoms with Crippen LogP contribution in [-0.4, -0.2) is 5.97 Å². The van der Waals surface area contributed by atoms with Crippen molar-refractivity contribution in [1.82, 2.24) is 0 Å². The minimum absolute atomic E-state index is 0.00312. The fourth-order valence-electron chi connectivity index (χ4n) is 6.63. The molecule has 1 aromatic carbocycles. The summed E-state index contributed by atoms with van der Waals surface area (Å²) in [6.45, 7) is 6.93. The Morgan fingerprint density at radius 2 is 1.41 bits per heavy atom. The van der Waals surface area contributed by atoms with Crippen LogP contribution in [0.15, 0.2) is 24.3 Å². The zero-order valence-electron chi connectivity index (χ0n) is 22.5. The fraction of sp³-hybridized carbons (Fsp3) is 0.781. The van der Waals surface area contributed by atoms with E-state index in [4.69, 9.17) is 4.74 Å². The summed E-state index contributed by atoms with van der Waals surface area (Å²) in [6.07, 6.45) is 22.1. The van der Waals surface area contributed by atoms with E-state index in [1.54, 1.807) is 0 Å². The molecule has 0 aromatic heterocycles. The maximum absolute atomic E-state index is 12.8. The van der Waals surface area contributed by atoms with Gasteiger partial charge in [-0.1, -0.05) is 90.7 Å². The number of carbonyl (C=O) groups is 1.